The van der Waals surface area contributed by atoms with Gasteiger partial charge in [-0.1, -0.05) is 19.3 Å². The maximum atomic E-state index is 11.9. The van der Waals surface area contributed by atoms with Crippen molar-refractivity contribution in [3.8, 4) is 11.5 Å². The van der Waals surface area contributed by atoms with Gasteiger partial charge in [-0.3, -0.25) is 0 Å². The maximum absolute atomic E-state index is 11.9. The van der Waals surface area contributed by atoms with Gasteiger partial charge >= 0.3 is 5.97 Å². The number of nitrogens with two attached hydrogens (primary N) is 1. The monoisotopic (exact) mass is 293 g/mol. The highest BCUT2D eigenvalue weighted by atomic mass is 16.5. The zero-order valence-corrected chi connectivity index (χ0v) is 12.6. The van der Waals surface area contributed by atoms with Crippen LogP contribution in [0.15, 0.2) is 12.1 Å². The molecule has 0 amide bonds. The molecule has 1 saturated carbocycles. The molecule has 1 fully saturated rings. The Morgan fingerprint density at radius 1 is 1.29 bits per heavy atom. The zero-order chi connectivity index (χ0) is 15.5. The molecule has 3 N–H and O–H groups in total. The quantitative estimate of drug-likeness (QED) is 0.833. The van der Waals surface area contributed by atoms with Crippen LogP contribution in [-0.4, -0.2) is 31.8 Å². The number of phenolic OH excluding ortho intramolecular Hbond substituents is 1. The van der Waals surface area contributed by atoms with Crippen LogP contribution in [0, 0.1) is 0 Å². The number of benzene rings is 1. The third-order valence-corrected chi connectivity index (χ3v) is 4.50. The summed E-state index contributed by atoms with van der Waals surface area (Å²) in [5, 5.41) is 10.4. The largest absolute Gasteiger partial charge is 0.508 e. The molecule has 5 nitrogen and oxygen atoms in total. The predicted molar refractivity (Wildman–Crippen MR) is 79.8 cm³/mol. The highest BCUT2D eigenvalue weighted by molar-refractivity contribution is 5.93. The number of esters is 1. The Kier molecular flexibility index (Phi) is 4.73. The van der Waals surface area contributed by atoms with Crippen molar-refractivity contribution < 1.29 is 19.4 Å². The fourth-order valence-electron chi connectivity index (χ4n) is 3.24. The van der Waals surface area contributed by atoms with Crippen molar-refractivity contribution in [2.45, 2.75) is 37.5 Å². The first-order chi connectivity index (χ1) is 10.1. The van der Waals surface area contributed by atoms with Gasteiger partial charge in [0.15, 0.2) is 0 Å². The van der Waals surface area contributed by atoms with Crippen LogP contribution in [0.2, 0.25) is 0 Å². The topological polar surface area (TPSA) is 81.8 Å². The SMILES string of the molecule is COC(=O)c1cc(C2(CN)CCCCC2)c(O)cc1OC. The van der Waals surface area contributed by atoms with E-state index < -0.39 is 5.97 Å². The van der Waals surface area contributed by atoms with E-state index in [-0.39, 0.29) is 11.2 Å². The number of hydrogen-bond donors (Lipinski definition) is 2. The lowest BCUT2D eigenvalue weighted by Crippen LogP contribution is -2.37. The van der Waals surface area contributed by atoms with Crippen molar-refractivity contribution >= 4 is 5.97 Å². The number of rotatable bonds is 4. The Morgan fingerprint density at radius 2 is 1.95 bits per heavy atom. The Morgan fingerprint density at radius 3 is 2.48 bits per heavy atom. The van der Waals surface area contributed by atoms with Crippen LogP contribution in [0.25, 0.3) is 0 Å². The van der Waals surface area contributed by atoms with Gasteiger partial charge in [0, 0.05) is 23.6 Å². The van der Waals surface area contributed by atoms with Crippen molar-refractivity contribution in [1.82, 2.24) is 0 Å². The summed E-state index contributed by atoms with van der Waals surface area (Å²) in [6.07, 6.45) is 5.18. The molecule has 1 aliphatic carbocycles. The summed E-state index contributed by atoms with van der Waals surface area (Å²) in [6.45, 7) is 0.452. The molecule has 2 rings (SSSR count). The minimum absolute atomic E-state index is 0.131. The minimum Gasteiger partial charge on any atom is -0.508 e. The number of ether oxygens (including phenoxy) is 2. The fraction of sp³-hybridized carbons (Fsp3) is 0.562. The van der Waals surface area contributed by atoms with Gasteiger partial charge in [0.2, 0.25) is 0 Å². The number of hydrogen-bond acceptors (Lipinski definition) is 5. The molecule has 0 radical (unpaired) electrons. The van der Waals surface area contributed by atoms with Crippen LogP contribution in [0.4, 0.5) is 0 Å². The van der Waals surface area contributed by atoms with E-state index in [1.165, 1.54) is 26.7 Å². The number of carbonyl (C=O) groups excluding carboxylic acids is 1. The van der Waals surface area contributed by atoms with E-state index in [9.17, 15) is 9.90 Å². The lowest BCUT2D eigenvalue weighted by Gasteiger charge is -2.37. The predicted octanol–water partition coefficient (Wildman–Crippen LogP) is 2.35. The molecule has 0 heterocycles. The minimum atomic E-state index is -0.476. The van der Waals surface area contributed by atoms with Gasteiger partial charge in [-0.2, -0.15) is 0 Å². The first-order valence-corrected chi connectivity index (χ1v) is 7.28. The number of methoxy groups -OCH3 is 2. The summed E-state index contributed by atoms with van der Waals surface area (Å²) in [6, 6.07) is 3.16. The van der Waals surface area contributed by atoms with Crippen molar-refractivity contribution in [2.24, 2.45) is 5.73 Å². The van der Waals surface area contributed by atoms with Crippen LogP contribution in [-0.2, 0) is 10.2 Å². The van der Waals surface area contributed by atoms with E-state index in [4.69, 9.17) is 15.2 Å². The summed E-state index contributed by atoms with van der Waals surface area (Å²) in [5.41, 5.74) is 6.80. The van der Waals surface area contributed by atoms with Gasteiger partial charge in [0.25, 0.3) is 0 Å². The summed E-state index contributed by atoms with van der Waals surface area (Å²) in [4.78, 5) is 11.9. The van der Waals surface area contributed by atoms with Gasteiger partial charge in [0.05, 0.1) is 14.2 Å². The van der Waals surface area contributed by atoms with Gasteiger partial charge in [-0.05, 0) is 18.9 Å². The molecule has 0 unspecified atom stereocenters. The van der Waals surface area contributed by atoms with Crippen molar-refractivity contribution in [2.75, 3.05) is 20.8 Å². The Hall–Kier alpha value is -1.75. The lowest BCUT2D eigenvalue weighted by molar-refractivity contribution is 0.0596. The van der Waals surface area contributed by atoms with Gasteiger partial charge in [0.1, 0.15) is 17.1 Å². The Labute approximate surface area is 125 Å². The molecule has 0 aromatic heterocycles. The van der Waals surface area contributed by atoms with Gasteiger partial charge < -0.3 is 20.3 Å². The number of phenols is 1. The molecular formula is C16H23NO4. The molecule has 0 bridgehead atoms. The third-order valence-electron chi connectivity index (χ3n) is 4.50. The average Bonchev–Trinajstić information content (AvgIpc) is 2.54. The van der Waals surface area contributed by atoms with E-state index in [2.05, 4.69) is 0 Å². The van der Waals surface area contributed by atoms with E-state index in [0.29, 0.717) is 17.9 Å². The number of carbonyl (C=O) groups is 1. The Bertz CT molecular complexity index is 521. The molecule has 21 heavy (non-hydrogen) atoms. The molecule has 5 heteroatoms. The van der Waals surface area contributed by atoms with Crippen LogP contribution in [0.5, 0.6) is 11.5 Å². The van der Waals surface area contributed by atoms with Crippen molar-refractivity contribution in [1.29, 1.82) is 0 Å². The molecule has 1 aliphatic rings. The highest BCUT2D eigenvalue weighted by Gasteiger charge is 2.36. The molecule has 1 aromatic carbocycles. The molecule has 0 saturated heterocycles. The molecule has 0 atom stereocenters. The van der Waals surface area contributed by atoms with Gasteiger partial charge in [-0.15, -0.1) is 0 Å². The molecule has 0 spiro atoms. The summed E-state index contributed by atoms with van der Waals surface area (Å²) in [7, 11) is 2.79. The zero-order valence-electron chi connectivity index (χ0n) is 12.6. The lowest BCUT2D eigenvalue weighted by atomic mass is 9.69. The average molecular weight is 293 g/mol. The first kappa shape index (κ1) is 15.6. The summed E-state index contributed by atoms with van der Waals surface area (Å²) in [5.74, 6) is -0.0333. The van der Waals surface area contributed by atoms with E-state index in [0.717, 1.165) is 31.2 Å². The van der Waals surface area contributed by atoms with Crippen LogP contribution < -0.4 is 10.5 Å². The van der Waals surface area contributed by atoms with Crippen LogP contribution in [0.3, 0.4) is 0 Å². The van der Waals surface area contributed by atoms with Crippen molar-refractivity contribution in [3.05, 3.63) is 23.3 Å². The second-order valence-corrected chi connectivity index (χ2v) is 5.61. The standard InChI is InChI=1S/C16H23NO4/c1-20-14-9-13(18)12(8-11(14)15(19)21-2)16(10-17)6-4-3-5-7-16/h8-9,18H,3-7,10,17H2,1-2H3. The van der Waals surface area contributed by atoms with E-state index >= 15 is 0 Å². The fourth-order valence-corrected chi connectivity index (χ4v) is 3.24. The molecule has 116 valence electrons. The van der Waals surface area contributed by atoms with E-state index in [1.54, 1.807) is 6.07 Å². The third kappa shape index (κ3) is 2.83. The number of aromatic hydroxyl groups is 1. The smallest absolute Gasteiger partial charge is 0.341 e. The maximum Gasteiger partial charge on any atom is 0.341 e. The summed E-state index contributed by atoms with van der Waals surface area (Å²) >= 11 is 0. The highest BCUT2D eigenvalue weighted by Crippen LogP contribution is 2.44. The van der Waals surface area contributed by atoms with Gasteiger partial charge in [-0.25, -0.2) is 4.79 Å². The van der Waals surface area contributed by atoms with Crippen LogP contribution >= 0.6 is 0 Å². The molecule has 0 aliphatic heterocycles. The Balaban J connectivity index is 2.54. The molecule has 1 aromatic rings. The second kappa shape index (κ2) is 6.35. The van der Waals surface area contributed by atoms with Crippen LogP contribution in [0.1, 0.15) is 48.0 Å². The van der Waals surface area contributed by atoms with E-state index in [1.807, 2.05) is 0 Å². The summed E-state index contributed by atoms with van der Waals surface area (Å²) < 4.78 is 9.96. The second-order valence-electron chi connectivity index (χ2n) is 5.61. The first-order valence-electron chi connectivity index (χ1n) is 7.28. The molecular weight excluding hydrogens is 270 g/mol. The van der Waals surface area contributed by atoms with Crippen molar-refractivity contribution in [3.63, 3.8) is 0 Å². The normalized spacial score (nSPS) is 17.3.